The van der Waals surface area contributed by atoms with Crippen LogP contribution in [0, 0.1) is 5.92 Å². The third kappa shape index (κ3) is 5.89. The van der Waals surface area contributed by atoms with Gasteiger partial charge in [-0.1, -0.05) is 32.1 Å². The maximum absolute atomic E-state index is 11.5. The molecular weight excluding hydrogens is 230 g/mol. The fourth-order valence-electron chi connectivity index (χ4n) is 2.51. The molecule has 104 valence electrons. The van der Waals surface area contributed by atoms with Gasteiger partial charge in [-0.05, 0) is 19.3 Å². The molecule has 1 rings (SSSR count). The largest absolute Gasteiger partial charge is 0.358 e. The van der Waals surface area contributed by atoms with Crippen LogP contribution in [0.4, 0.5) is 4.79 Å². The van der Waals surface area contributed by atoms with Crippen LogP contribution in [0.25, 0.3) is 0 Å². The fraction of sp³-hybridized carbons (Fsp3) is 0.846. The van der Waals surface area contributed by atoms with Crippen molar-refractivity contribution in [2.75, 3.05) is 13.6 Å². The molecule has 5 nitrogen and oxygen atoms in total. The maximum atomic E-state index is 11.5. The number of urea groups is 1. The summed E-state index contributed by atoms with van der Waals surface area (Å²) in [6.45, 7) is 2.05. The SMILES string of the molecule is CNC(=O)CNC(=O)N[C@H](C)CC1CCCCC1. The minimum absolute atomic E-state index is 0.0263. The third-order valence-corrected chi connectivity index (χ3v) is 3.48. The summed E-state index contributed by atoms with van der Waals surface area (Å²) in [6, 6.07) is -0.0975. The Bertz CT molecular complexity index is 275. The van der Waals surface area contributed by atoms with Crippen LogP contribution in [-0.2, 0) is 4.79 Å². The smallest absolute Gasteiger partial charge is 0.315 e. The number of hydrogen-bond donors (Lipinski definition) is 3. The van der Waals surface area contributed by atoms with Crippen molar-refractivity contribution in [3.63, 3.8) is 0 Å². The van der Waals surface area contributed by atoms with Crippen molar-refractivity contribution in [2.24, 2.45) is 5.92 Å². The molecule has 3 amide bonds. The molecule has 0 radical (unpaired) electrons. The van der Waals surface area contributed by atoms with Gasteiger partial charge in [-0.2, -0.15) is 0 Å². The van der Waals surface area contributed by atoms with E-state index in [2.05, 4.69) is 16.0 Å². The molecule has 3 N–H and O–H groups in total. The maximum Gasteiger partial charge on any atom is 0.315 e. The van der Waals surface area contributed by atoms with Gasteiger partial charge in [-0.15, -0.1) is 0 Å². The highest BCUT2D eigenvalue weighted by Gasteiger charge is 2.17. The Labute approximate surface area is 109 Å². The molecule has 1 aliphatic carbocycles. The van der Waals surface area contributed by atoms with Crippen LogP contribution in [0.5, 0.6) is 0 Å². The molecular formula is C13H25N3O2. The molecule has 0 aromatic heterocycles. The summed E-state index contributed by atoms with van der Waals surface area (Å²) in [7, 11) is 1.55. The van der Waals surface area contributed by atoms with Crippen molar-refractivity contribution in [3.8, 4) is 0 Å². The van der Waals surface area contributed by atoms with E-state index in [9.17, 15) is 9.59 Å². The highest BCUT2D eigenvalue weighted by molar-refractivity contribution is 5.83. The first-order chi connectivity index (χ1) is 8.61. The lowest BCUT2D eigenvalue weighted by atomic mass is 9.85. The van der Waals surface area contributed by atoms with E-state index in [1.807, 2.05) is 6.92 Å². The lowest BCUT2D eigenvalue weighted by molar-refractivity contribution is -0.119. The van der Waals surface area contributed by atoms with E-state index in [0.29, 0.717) is 0 Å². The van der Waals surface area contributed by atoms with Crippen LogP contribution in [-0.4, -0.2) is 31.6 Å². The van der Waals surface area contributed by atoms with Gasteiger partial charge in [-0.3, -0.25) is 4.79 Å². The van der Waals surface area contributed by atoms with Gasteiger partial charge in [0.25, 0.3) is 0 Å². The molecule has 0 saturated heterocycles. The normalized spacial score (nSPS) is 17.9. The Morgan fingerprint density at radius 2 is 1.89 bits per heavy atom. The van der Waals surface area contributed by atoms with Crippen molar-refractivity contribution < 1.29 is 9.59 Å². The molecule has 1 saturated carbocycles. The topological polar surface area (TPSA) is 70.2 Å². The molecule has 5 heteroatoms. The van der Waals surface area contributed by atoms with E-state index in [-0.39, 0.29) is 24.5 Å². The molecule has 0 aromatic rings. The lowest BCUT2D eigenvalue weighted by Gasteiger charge is -2.25. The van der Waals surface area contributed by atoms with Gasteiger partial charge in [0.05, 0.1) is 6.54 Å². The summed E-state index contributed by atoms with van der Waals surface area (Å²) in [6.07, 6.45) is 7.59. The third-order valence-electron chi connectivity index (χ3n) is 3.48. The second-order valence-electron chi connectivity index (χ2n) is 5.14. The predicted molar refractivity (Wildman–Crippen MR) is 71.3 cm³/mol. The standard InChI is InChI=1S/C13H25N3O2/c1-10(8-11-6-4-3-5-7-11)16-13(18)15-9-12(17)14-2/h10-11H,3-9H2,1-2H3,(H,14,17)(H2,15,16,18)/t10-/m1/s1. The van der Waals surface area contributed by atoms with E-state index in [1.165, 1.54) is 32.1 Å². The van der Waals surface area contributed by atoms with Gasteiger partial charge in [0.2, 0.25) is 5.91 Å². The summed E-state index contributed by atoms with van der Waals surface area (Å²) in [5.41, 5.74) is 0. The zero-order valence-electron chi connectivity index (χ0n) is 11.4. The number of likely N-dealkylation sites (N-methyl/N-ethyl adjacent to an activating group) is 1. The minimum Gasteiger partial charge on any atom is -0.358 e. The summed E-state index contributed by atoms with van der Waals surface area (Å²) < 4.78 is 0. The molecule has 0 unspecified atom stereocenters. The van der Waals surface area contributed by atoms with Crippen molar-refractivity contribution >= 4 is 11.9 Å². The highest BCUT2D eigenvalue weighted by atomic mass is 16.2. The van der Waals surface area contributed by atoms with E-state index in [0.717, 1.165) is 12.3 Å². The molecule has 18 heavy (non-hydrogen) atoms. The zero-order chi connectivity index (χ0) is 13.4. The predicted octanol–water partition coefficient (Wildman–Crippen LogP) is 1.39. The van der Waals surface area contributed by atoms with Gasteiger partial charge in [0.1, 0.15) is 0 Å². The van der Waals surface area contributed by atoms with E-state index >= 15 is 0 Å². The first-order valence-corrected chi connectivity index (χ1v) is 6.86. The fourth-order valence-corrected chi connectivity index (χ4v) is 2.51. The van der Waals surface area contributed by atoms with E-state index in [4.69, 9.17) is 0 Å². The molecule has 0 aromatic carbocycles. The molecule has 1 aliphatic rings. The second kappa shape index (κ2) is 7.95. The number of rotatable bonds is 5. The van der Waals surface area contributed by atoms with Crippen LogP contribution in [0.1, 0.15) is 45.4 Å². The number of amides is 3. The minimum atomic E-state index is -0.262. The van der Waals surface area contributed by atoms with Crippen LogP contribution in [0.3, 0.4) is 0 Å². The van der Waals surface area contributed by atoms with Crippen molar-refractivity contribution in [3.05, 3.63) is 0 Å². The Morgan fingerprint density at radius 1 is 1.22 bits per heavy atom. The van der Waals surface area contributed by atoms with Gasteiger partial charge < -0.3 is 16.0 Å². The van der Waals surface area contributed by atoms with Crippen LogP contribution >= 0.6 is 0 Å². The van der Waals surface area contributed by atoms with Gasteiger partial charge in [0.15, 0.2) is 0 Å². The quantitative estimate of drug-likeness (QED) is 0.695. The molecule has 1 fully saturated rings. The Balaban J connectivity index is 2.16. The molecule has 1 atom stereocenters. The molecule has 0 heterocycles. The van der Waals surface area contributed by atoms with Gasteiger partial charge in [-0.25, -0.2) is 4.79 Å². The summed E-state index contributed by atoms with van der Waals surface area (Å²) >= 11 is 0. The average molecular weight is 255 g/mol. The first kappa shape index (κ1) is 14.8. The van der Waals surface area contributed by atoms with E-state index < -0.39 is 0 Å². The number of nitrogens with one attached hydrogen (secondary N) is 3. The average Bonchev–Trinajstić information content (AvgIpc) is 2.37. The lowest BCUT2D eigenvalue weighted by Crippen LogP contribution is -2.45. The van der Waals surface area contributed by atoms with Crippen LogP contribution in [0.15, 0.2) is 0 Å². The van der Waals surface area contributed by atoms with E-state index in [1.54, 1.807) is 7.05 Å². The molecule has 0 aliphatic heterocycles. The van der Waals surface area contributed by atoms with Gasteiger partial charge in [0, 0.05) is 13.1 Å². The number of carbonyl (C=O) groups is 2. The van der Waals surface area contributed by atoms with Crippen molar-refractivity contribution in [1.82, 2.24) is 16.0 Å². The van der Waals surface area contributed by atoms with Crippen LogP contribution < -0.4 is 16.0 Å². The Kier molecular flexibility index (Phi) is 6.54. The summed E-state index contributed by atoms with van der Waals surface area (Å²) in [4.78, 5) is 22.5. The number of carbonyl (C=O) groups excluding carboxylic acids is 2. The van der Waals surface area contributed by atoms with Gasteiger partial charge >= 0.3 is 6.03 Å². The number of hydrogen-bond acceptors (Lipinski definition) is 2. The van der Waals surface area contributed by atoms with Crippen molar-refractivity contribution in [1.29, 1.82) is 0 Å². The molecule has 0 spiro atoms. The first-order valence-electron chi connectivity index (χ1n) is 6.86. The highest BCUT2D eigenvalue weighted by Crippen LogP contribution is 2.27. The summed E-state index contributed by atoms with van der Waals surface area (Å²) in [5, 5.41) is 7.87. The van der Waals surface area contributed by atoms with Crippen LogP contribution in [0.2, 0.25) is 0 Å². The Hall–Kier alpha value is -1.26. The monoisotopic (exact) mass is 255 g/mol. The molecule has 0 bridgehead atoms. The zero-order valence-corrected chi connectivity index (χ0v) is 11.4. The van der Waals surface area contributed by atoms with Crippen molar-refractivity contribution in [2.45, 2.75) is 51.5 Å². The summed E-state index contributed by atoms with van der Waals surface area (Å²) in [5.74, 6) is 0.554. The Morgan fingerprint density at radius 3 is 2.50 bits per heavy atom. The second-order valence-corrected chi connectivity index (χ2v) is 5.14.